The number of halogens is 1. The highest BCUT2D eigenvalue weighted by Crippen LogP contribution is 2.33. The van der Waals surface area contributed by atoms with Crippen LogP contribution in [0.2, 0.25) is 0 Å². The summed E-state index contributed by atoms with van der Waals surface area (Å²) in [4.78, 5) is 10.5. The van der Waals surface area contributed by atoms with Crippen LogP contribution in [-0.2, 0) is 19.5 Å². The minimum atomic E-state index is -0.225. The molecule has 0 bridgehead atoms. The molecule has 0 spiro atoms. The van der Waals surface area contributed by atoms with E-state index in [2.05, 4.69) is 38.9 Å². The highest BCUT2D eigenvalue weighted by molar-refractivity contribution is 5.94. The lowest BCUT2D eigenvalue weighted by Crippen LogP contribution is -2.28. The fraction of sp³-hybridized carbons (Fsp3) is 0.280. The molecule has 3 heterocycles. The monoisotopic (exact) mass is 428 g/mol. The second-order valence-electron chi connectivity index (χ2n) is 8.72. The summed E-state index contributed by atoms with van der Waals surface area (Å²) in [5, 5.41) is 12.1. The number of imidazole rings is 1. The van der Waals surface area contributed by atoms with E-state index in [1.807, 2.05) is 24.3 Å². The Kier molecular flexibility index (Phi) is 4.31. The zero-order valence-corrected chi connectivity index (χ0v) is 18.0. The number of nitrogens with one attached hydrogen (secondary N) is 3. The third-order valence-corrected chi connectivity index (χ3v) is 6.43. The number of fused-ring (bicyclic) bond motifs is 2. The summed E-state index contributed by atoms with van der Waals surface area (Å²) in [6.07, 6.45) is 3.31. The third-order valence-electron chi connectivity index (χ3n) is 6.43. The molecule has 3 N–H and O–H groups in total. The number of hydrogen-bond acceptors (Lipinski definition) is 4. The maximum atomic E-state index is 13.9. The number of nitrogens with zero attached hydrogens (tertiary/aromatic N) is 3. The van der Waals surface area contributed by atoms with Gasteiger partial charge in [0.1, 0.15) is 11.5 Å². The van der Waals surface area contributed by atoms with Gasteiger partial charge in [-0.15, -0.1) is 0 Å². The van der Waals surface area contributed by atoms with Crippen molar-refractivity contribution in [2.45, 2.75) is 45.3 Å². The van der Waals surface area contributed by atoms with E-state index in [9.17, 15) is 4.39 Å². The van der Waals surface area contributed by atoms with E-state index in [0.717, 1.165) is 75.8 Å². The molecule has 0 atom stereocenters. The van der Waals surface area contributed by atoms with Gasteiger partial charge in [0.15, 0.2) is 5.82 Å². The fourth-order valence-corrected chi connectivity index (χ4v) is 4.49. The van der Waals surface area contributed by atoms with Crippen molar-refractivity contribution in [1.29, 1.82) is 0 Å². The van der Waals surface area contributed by atoms with E-state index in [-0.39, 0.29) is 5.82 Å². The summed E-state index contributed by atoms with van der Waals surface area (Å²) in [6, 6.07) is 11.7. The van der Waals surface area contributed by atoms with Gasteiger partial charge in [0.2, 0.25) is 0 Å². The molecule has 1 fully saturated rings. The van der Waals surface area contributed by atoms with Gasteiger partial charge < -0.3 is 15.2 Å². The summed E-state index contributed by atoms with van der Waals surface area (Å²) in [5.41, 5.74) is 6.88. The average Bonchev–Trinajstić information content (AvgIpc) is 3.19. The zero-order valence-electron chi connectivity index (χ0n) is 18.0. The molecule has 0 saturated heterocycles. The molecule has 1 saturated carbocycles. The molecule has 1 aliphatic carbocycles. The predicted octanol–water partition coefficient (Wildman–Crippen LogP) is 4.86. The number of aromatic amines is 2. The van der Waals surface area contributed by atoms with E-state index in [4.69, 9.17) is 4.98 Å². The van der Waals surface area contributed by atoms with E-state index in [1.54, 1.807) is 6.07 Å². The Morgan fingerprint density at radius 1 is 1.22 bits per heavy atom. The van der Waals surface area contributed by atoms with Crippen molar-refractivity contribution in [3.05, 3.63) is 71.6 Å². The SMILES string of the molecule is C=C(NC1CC1)N1Cc2nc(-c3n[nH]c4cc(-c5cc(F)ccc5CC)ccc34)[nH]c2C1. The van der Waals surface area contributed by atoms with Crippen LogP contribution in [0.5, 0.6) is 0 Å². The maximum Gasteiger partial charge on any atom is 0.159 e. The Hall–Kier alpha value is -3.61. The summed E-state index contributed by atoms with van der Waals surface area (Å²) in [6.45, 7) is 7.77. The number of benzene rings is 2. The maximum absolute atomic E-state index is 13.9. The van der Waals surface area contributed by atoms with Gasteiger partial charge in [-0.2, -0.15) is 5.10 Å². The number of hydrogen-bond donors (Lipinski definition) is 3. The van der Waals surface area contributed by atoms with Crippen LogP contribution in [0.25, 0.3) is 33.5 Å². The minimum Gasteiger partial charge on any atom is -0.369 e. The quantitative estimate of drug-likeness (QED) is 0.410. The molecule has 2 aromatic carbocycles. The van der Waals surface area contributed by atoms with Gasteiger partial charge >= 0.3 is 0 Å². The Balaban J connectivity index is 1.28. The van der Waals surface area contributed by atoms with Crippen LogP contribution in [0.3, 0.4) is 0 Å². The first-order valence-corrected chi connectivity index (χ1v) is 11.1. The van der Waals surface area contributed by atoms with E-state index in [1.165, 1.54) is 18.9 Å². The highest BCUT2D eigenvalue weighted by Gasteiger charge is 2.28. The van der Waals surface area contributed by atoms with Crippen LogP contribution in [0.1, 0.15) is 36.7 Å². The molecule has 6 rings (SSSR count). The van der Waals surface area contributed by atoms with Gasteiger partial charge in [0, 0.05) is 11.4 Å². The van der Waals surface area contributed by atoms with Crippen LogP contribution in [-0.4, -0.2) is 31.1 Å². The highest BCUT2D eigenvalue weighted by atomic mass is 19.1. The van der Waals surface area contributed by atoms with Crippen LogP contribution in [0.4, 0.5) is 4.39 Å². The van der Waals surface area contributed by atoms with Crippen molar-refractivity contribution >= 4 is 10.9 Å². The smallest absolute Gasteiger partial charge is 0.159 e. The van der Waals surface area contributed by atoms with Gasteiger partial charge in [-0.25, -0.2) is 9.37 Å². The molecule has 162 valence electrons. The van der Waals surface area contributed by atoms with Crippen LogP contribution in [0.15, 0.2) is 48.8 Å². The van der Waals surface area contributed by atoms with E-state index in [0.29, 0.717) is 6.04 Å². The van der Waals surface area contributed by atoms with Crippen LogP contribution in [0, 0.1) is 5.82 Å². The van der Waals surface area contributed by atoms with Crippen molar-refractivity contribution in [2.24, 2.45) is 0 Å². The molecule has 0 amide bonds. The van der Waals surface area contributed by atoms with Gasteiger partial charge in [0.05, 0.1) is 35.8 Å². The van der Waals surface area contributed by atoms with Gasteiger partial charge in [-0.3, -0.25) is 5.10 Å². The lowest BCUT2D eigenvalue weighted by Gasteiger charge is -2.21. The number of aromatic nitrogens is 4. The van der Waals surface area contributed by atoms with Gasteiger partial charge in [-0.1, -0.05) is 25.6 Å². The number of rotatable bonds is 6. The van der Waals surface area contributed by atoms with Crippen molar-refractivity contribution in [3.8, 4) is 22.6 Å². The van der Waals surface area contributed by atoms with Crippen molar-refractivity contribution in [3.63, 3.8) is 0 Å². The first-order valence-electron chi connectivity index (χ1n) is 11.1. The topological polar surface area (TPSA) is 72.6 Å². The second kappa shape index (κ2) is 7.22. The molecule has 0 radical (unpaired) electrons. The first kappa shape index (κ1) is 19.1. The van der Waals surface area contributed by atoms with Crippen molar-refractivity contribution < 1.29 is 4.39 Å². The summed E-state index contributed by atoms with van der Waals surface area (Å²) in [7, 11) is 0. The standard InChI is InChI=1S/C25H25FN6/c1-3-15-4-6-17(26)11-20(15)16-5-9-19-21(10-16)30-31-24(19)25-28-22-12-32(13-23(22)29-25)14(2)27-18-7-8-18/h4-6,9-11,18,27H,2-3,7-8,12-13H2,1H3,(H,28,29)(H,30,31). The molecule has 4 aromatic rings. The van der Waals surface area contributed by atoms with Crippen LogP contribution < -0.4 is 5.32 Å². The average molecular weight is 429 g/mol. The summed E-state index contributed by atoms with van der Waals surface area (Å²) >= 11 is 0. The lowest BCUT2D eigenvalue weighted by atomic mass is 9.97. The number of aryl methyl sites for hydroxylation is 1. The second-order valence-corrected chi connectivity index (χ2v) is 8.72. The zero-order chi connectivity index (χ0) is 21.8. The van der Waals surface area contributed by atoms with Gasteiger partial charge in [-0.05, 0) is 60.2 Å². The lowest BCUT2D eigenvalue weighted by molar-refractivity contribution is 0.329. The molecule has 6 nitrogen and oxygen atoms in total. The largest absolute Gasteiger partial charge is 0.369 e. The fourth-order valence-electron chi connectivity index (χ4n) is 4.49. The summed E-state index contributed by atoms with van der Waals surface area (Å²) in [5.74, 6) is 1.52. The molecular weight excluding hydrogens is 403 g/mol. The Labute approximate surface area is 185 Å². The Bertz CT molecular complexity index is 1320. The summed E-state index contributed by atoms with van der Waals surface area (Å²) < 4.78 is 13.9. The van der Waals surface area contributed by atoms with Gasteiger partial charge in [0.25, 0.3) is 0 Å². The van der Waals surface area contributed by atoms with Crippen molar-refractivity contribution in [1.82, 2.24) is 30.4 Å². The normalized spacial score (nSPS) is 15.4. The minimum absolute atomic E-state index is 0.225. The van der Waals surface area contributed by atoms with E-state index < -0.39 is 0 Å². The number of H-pyrrole nitrogens is 2. The van der Waals surface area contributed by atoms with Crippen molar-refractivity contribution in [2.75, 3.05) is 0 Å². The first-order chi connectivity index (χ1) is 15.6. The molecule has 7 heteroatoms. The molecule has 1 aliphatic heterocycles. The predicted molar refractivity (Wildman–Crippen MR) is 123 cm³/mol. The Morgan fingerprint density at radius 2 is 2.09 bits per heavy atom. The Morgan fingerprint density at radius 3 is 2.88 bits per heavy atom. The van der Waals surface area contributed by atoms with E-state index >= 15 is 0 Å². The molecule has 2 aromatic heterocycles. The molecule has 2 aliphatic rings. The molecule has 32 heavy (non-hydrogen) atoms. The molecular formula is C25H25FN6. The third kappa shape index (κ3) is 3.25. The molecule has 0 unspecified atom stereocenters. The van der Waals surface area contributed by atoms with Crippen LogP contribution >= 0.6 is 0 Å².